The van der Waals surface area contributed by atoms with Gasteiger partial charge in [0.25, 0.3) is 10.2 Å². The van der Waals surface area contributed by atoms with E-state index < -0.39 is 33.2 Å². The maximum absolute atomic E-state index is 13.5. The molecule has 1 aromatic rings. The van der Waals surface area contributed by atoms with Crippen molar-refractivity contribution in [3.05, 3.63) is 29.6 Å². The second-order valence-electron chi connectivity index (χ2n) is 4.32. The Labute approximate surface area is 110 Å². The Kier molecular flexibility index (Phi) is 4.84. The highest BCUT2D eigenvalue weighted by Crippen LogP contribution is 2.20. The van der Waals surface area contributed by atoms with E-state index in [9.17, 15) is 17.6 Å². The molecule has 0 spiro atoms. The van der Waals surface area contributed by atoms with Gasteiger partial charge in [0.05, 0.1) is 11.3 Å². The number of hydrogen-bond donors (Lipinski definition) is 3. The van der Waals surface area contributed by atoms with Crippen molar-refractivity contribution in [2.24, 2.45) is 5.92 Å². The molecule has 0 saturated heterocycles. The van der Waals surface area contributed by atoms with Crippen LogP contribution < -0.4 is 9.44 Å². The largest absolute Gasteiger partial charge is 0.478 e. The van der Waals surface area contributed by atoms with Crippen LogP contribution in [0.15, 0.2) is 18.2 Å². The van der Waals surface area contributed by atoms with Gasteiger partial charge in [-0.15, -0.1) is 0 Å². The minimum Gasteiger partial charge on any atom is -0.478 e. The van der Waals surface area contributed by atoms with E-state index in [0.717, 1.165) is 12.1 Å². The van der Waals surface area contributed by atoms with Gasteiger partial charge in [-0.05, 0) is 18.1 Å². The lowest BCUT2D eigenvalue weighted by Crippen LogP contribution is -2.33. The fraction of sp³-hybridized carbons (Fsp3) is 0.364. The van der Waals surface area contributed by atoms with Crippen molar-refractivity contribution < 1.29 is 22.7 Å². The van der Waals surface area contributed by atoms with Crippen molar-refractivity contribution in [1.82, 2.24) is 4.72 Å². The third kappa shape index (κ3) is 4.49. The number of benzene rings is 1. The Morgan fingerprint density at radius 3 is 2.58 bits per heavy atom. The third-order valence-electron chi connectivity index (χ3n) is 2.16. The number of carbonyl (C=O) groups is 1. The summed E-state index contributed by atoms with van der Waals surface area (Å²) < 4.78 is 40.9. The Balaban J connectivity index is 3.02. The summed E-state index contributed by atoms with van der Waals surface area (Å²) in [5.74, 6) is -2.30. The van der Waals surface area contributed by atoms with Crippen molar-refractivity contribution in [3.8, 4) is 0 Å². The second-order valence-corrected chi connectivity index (χ2v) is 5.82. The normalized spacial score (nSPS) is 11.6. The summed E-state index contributed by atoms with van der Waals surface area (Å²) in [6.07, 6.45) is 0. The Morgan fingerprint density at radius 1 is 1.42 bits per heavy atom. The van der Waals surface area contributed by atoms with Crippen molar-refractivity contribution >= 4 is 21.9 Å². The number of anilines is 1. The van der Waals surface area contributed by atoms with E-state index in [4.69, 9.17) is 5.11 Å². The van der Waals surface area contributed by atoms with Crippen LogP contribution in [0.25, 0.3) is 0 Å². The van der Waals surface area contributed by atoms with Crippen LogP contribution >= 0.6 is 0 Å². The zero-order chi connectivity index (χ0) is 14.6. The van der Waals surface area contributed by atoms with Crippen LogP contribution in [-0.4, -0.2) is 26.0 Å². The molecule has 0 atom stereocenters. The molecule has 1 aromatic carbocycles. The third-order valence-corrected chi connectivity index (χ3v) is 3.18. The smallest absolute Gasteiger partial charge is 0.337 e. The van der Waals surface area contributed by atoms with Gasteiger partial charge >= 0.3 is 5.97 Å². The Morgan fingerprint density at radius 2 is 2.05 bits per heavy atom. The minimum absolute atomic E-state index is 0.0659. The summed E-state index contributed by atoms with van der Waals surface area (Å²) >= 11 is 0. The van der Waals surface area contributed by atoms with E-state index in [2.05, 4.69) is 4.72 Å². The van der Waals surface area contributed by atoms with Gasteiger partial charge in [0, 0.05) is 6.54 Å². The predicted octanol–water partition coefficient (Wildman–Crippen LogP) is 1.43. The lowest BCUT2D eigenvalue weighted by molar-refractivity contribution is 0.0697. The molecule has 0 heterocycles. The van der Waals surface area contributed by atoms with E-state index >= 15 is 0 Å². The van der Waals surface area contributed by atoms with Crippen molar-refractivity contribution in [2.45, 2.75) is 13.8 Å². The molecule has 0 aliphatic carbocycles. The molecule has 8 heteroatoms. The molecule has 1 rings (SSSR count). The summed E-state index contributed by atoms with van der Waals surface area (Å²) in [4.78, 5) is 10.9. The van der Waals surface area contributed by atoms with E-state index in [1.54, 1.807) is 13.8 Å². The molecule has 0 unspecified atom stereocenters. The standard InChI is InChI=1S/C11H15FN2O4S/c1-7(2)6-13-19(17,18)14-10-8(11(15)16)4-3-5-9(10)12/h3-5,7,13-14H,6H2,1-2H3,(H,15,16). The molecular formula is C11H15FN2O4S. The van der Waals surface area contributed by atoms with Gasteiger partial charge in [-0.1, -0.05) is 19.9 Å². The quantitative estimate of drug-likeness (QED) is 0.738. The van der Waals surface area contributed by atoms with Crippen molar-refractivity contribution in [3.63, 3.8) is 0 Å². The summed E-state index contributed by atoms with van der Waals surface area (Å²) in [7, 11) is -4.01. The van der Waals surface area contributed by atoms with Crippen LogP contribution in [0, 0.1) is 11.7 Å². The summed E-state index contributed by atoms with van der Waals surface area (Å²) in [5.41, 5.74) is -1.03. The SMILES string of the molecule is CC(C)CNS(=O)(=O)Nc1c(F)cccc1C(=O)O. The number of hydrogen-bond acceptors (Lipinski definition) is 3. The van der Waals surface area contributed by atoms with Gasteiger partial charge in [-0.3, -0.25) is 4.72 Å². The van der Waals surface area contributed by atoms with Crippen LogP contribution in [-0.2, 0) is 10.2 Å². The van der Waals surface area contributed by atoms with Gasteiger partial charge in [0.15, 0.2) is 0 Å². The fourth-order valence-corrected chi connectivity index (χ4v) is 2.35. The lowest BCUT2D eigenvalue weighted by Gasteiger charge is -2.13. The highest BCUT2D eigenvalue weighted by molar-refractivity contribution is 7.90. The average Bonchev–Trinajstić information content (AvgIpc) is 2.29. The van der Waals surface area contributed by atoms with Gasteiger partial charge in [0.1, 0.15) is 5.82 Å². The van der Waals surface area contributed by atoms with E-state index in [1.165, 1.54) is 6.07 Å². The molecule has 0 aromatic heterocycles. The zero-order valence-electron chi connectivity index (χ0n) is 10.5. The molecule has 0 aliphatic rings. The second kappa shape index (κ2) is 5.98. The number of aromatic carboxylic acids is 1. The Hall–Kier alpha value is -1.67. The number of nitrogens with one attached hydrogen (secondary N) is 2. The van der Waals surface area contributed by atoms with Crippen LogP contribution in [0.2, 0.25) is 0 Å². The first kappa shape index (κ1) is 15.4. The molecule has 3 N–H and O–H groups in total. The highest BCUT2D eigenvalue weighted by atomic mass is 32.2. The molecule has 6 nitrogen and oxygen atoms in total. The van der Waals surface area contributed by atoms with Crippen LogP contribution in [0.5, 0.6) is 0 Å². The lowest BCUT2D eigenvalue weighted by atomic mass is 10.2. The maximum atomic E-state index is 13.5. The first-order chi connectivity index (χ1) is 8.73. The molecule has 0 radical (unpaired) electrons. The average molecular weight is 290 g/mol. The fourth-order valence-electron chi connectivity index (χ4n) is 1.25. The number of carboxylic acid groups (broad SMARTS) is 1. The molecule has 0 amide bonds. The van der Waals surface area contributed by atoms with E-state index in [-0.39, 0.29) is 12.5 Å². The maximum Gasteiger partial charge on any atom is 0.337 e. The van der Waals surface area contributed by atoms with Crippen LogP contribution in [0.4, 0.5) is 10.1 Å². The molecular weight excluding hydrogens is 275 g/mol. The monoisotopic (exact) mass is 290 g/mol. The molecule has 19 heavy (non-hydrogen) atoms. The zero-order valence-corrected chi connectivity index (χ0v) is 11.3. The number of carboxylic acids is 1. The summed E-state index contributed by atoms with van der Waals surface area (Å²) in [5, 5.41) is 8.88. The minimum atomic E-state index is -4.01. The first-order valence-electron chi connectivity index (χ1n) is 5.52. The molecule has 0 saturated carbocycles. The topological polar surface area (TPSA) is 95.5 Å². The highest BCUT2D eigenvalue weighted by Gasteiger charge is 2.19. The number of rotatable bonds is 6. The molecule has 0 aliphatic heterocycles. The summed E-state index contributed by atoms with van der Waals surface area (Å²) in [6, 6.07) is 3.29. The molecule has 106 valence electrons. The molecule has 0 bridgehead atoms. The van der Waals surface area contributed by atoms with Crippen LogP contribution in [0.3, 0.4) is 0 Å². The van der Waals surface area contributed by atoms with Crippen molar-refractivity contribution in [1.29, 1.82) is 0 Å². The van der Waals surface area contributed by atoms with Gasteiger partial charge in [0.2, 0.25) is 0 Å². The number of halogens is 1. The summed E-state index contributed by atoms with van der Waals surface area (Å²) in [6.45, 7) is 3.76. The van der Waals surface area contributed by atoms with E-state index in [0.29, 0.717) is 0 Å². The van der Waals surface area contributed by atoms with Gasteiger partial charge in [-0.25, -0.2) is 9.18 Å². The first-order valence-corrected chi connectivity index (χ1v) is 7.00. The van der Waals surface area contributed by atoms with Gasteiger partial charge < -0.3 is 5.11 Å². The number of para-hydroxylation sites is 1. The van der Waals surface area contributed by atoms with Gasteiger partial charge in [-0.2, -0.15) is 13.1 Å². The van der Waals surface area contributed by atoms with Crippen molar-refractivity contribution in [2.75, 3.05) is 11.3 Å². The predicted molar refractivity (Wildman–Crippen MR) is 68.7 cm³/mol. The van der Waals surface area contributed by atoms with E-state index in [1.807, 2.05) is 4.72 Å². The Bertz CT molecular complexity index is 572. The molecule has 0 fully saturated rings. The van der Waals surface area contributed by atoms with Crippen LogP contribution in [0.1, 0.15) is 24.2 Å².